The summed E-state index contributed by atoms with van der Waals surface area (Å²) in [4.78, 5) is 23.5. The fourth-order valence-electron chi connectivity index (χ4n) is 2.89. The van der Waals surface area contributed by atoms with E-state index in [9.17, 15) is 9.59 Å². The summed E-state index contributed by atoms with van der Waals surface area (Å²) in [7, 11) is 0. The Morgan fingerprint density at radius 1 is 1.04 bits per heavy atom. The lowest BCUT2D eigenvalue weighted by Crippen LogP contribution is -2.20. The Balaban J connectivity index is 1.79. The Hall–Kier alpha value is -3.25. The second-order valence-corrected chi connectivity index (χ2v) is 6.76. The minimum absolute atomic E-state index is 0.202. The second-order valence-electron chi connectivity index (χ2n) is 6.35. The molecule has 144 valence electrons. The Morgan fingerprint density at radius 2 is 1.68 bits per heavy atom. The third-order valence-corrected chi connectivity index (χ3v) is 4.55. The molecule has 0 saturated carbocycles. The summed E-state index contributed by atoms with van der Waals surface area (Å²) in [5, 5.41) is 3.18. The molecule has 0 bridgehead atoms. The zero-order chi connectivity index (χ0) is 20.3. The summed E-state index contributed by atoms with van der Waals surface area (Å²) in [6, 6.07) is 16.0. The maximum Gasteiger partial charge on any atom is 0.257 e. The molecule has 28 heavy (non-hydrogen) atoms. The van der Waals surface area contributed by atoms with Crippen molar-refractivity contribution in [1.82, 2.24) is 4.57 Å². The molecule has 2 aromatic carbocycles. The fraction of sp³-hybridized carbons (Fsp3) is 0.143. The van der Waals surface area contributed by atoms with E-state index in [0.717, 1.165) is 17.1 Å². The standard InChI is InChI=1S/C21H20ClN3O3/c1-13-3-4-14(2)25(13)16-7-10-19(22)18(11-16)21(27)24-15-5-8-17(9-6-15)28-12-20(23)26/h3-11H,12H2,1-2H3,(H2,23,26)(H,24,27). The van der Waals surface area contributed by atoms with Crippen molar-refractivity contribution in [2.24, 2.45) is 5.73 Å². The van der Waals surface area contributed by atoms with Gasteiger partial charge < -0.3 is 20.4 Å². The van der Waals surface area contributed by atoms with Gasteiger partial charge in [-0.05, 0) is 68.4 Å². The molecule has 0 saturated heterocycles. The number of primary amides is 1. The number of aromatic nitrogens is 1. The molecular weight excluding hydrogens is 378 g/mol. The molecule has 1 aromatic heterocycles. The van der Waals surface area contributed by atoms with Gasteiger partial charge in [-0.15, -0.1) is 0 Å². The van der Waals surface area contributed by atoms with Gasteiger partial charge in [-0.25, -0.2) is 0 Å². The largest absolute Gasteiger partial charge is 0.484 e. The van der Waals surface area contributed by atoms with Gasteiger partial charge in [0.2, 0.25) is 0 Å². The van der Waals surface area contributed by atoms with Crippen molar-refractivity contribution >= 4 is 29.1 Å². The van der Waals surface area contributed by atoms with Crippen LogP contribution in [0.4, 0.5) is 5.69 Å². The SMILES string of the molecule is Cc1ccc(C)n1-c1ccc(Cl)c(C(=O)Nc2ccc(OCC(N)=O)cc2)c1. The first kappa shape index (κ1) is 19.5. The highest BCUT2D eigenvalue weighted by Crippen LogP contribution is 2.24. The van der Waals surface area contributed by atoms with Crippen LogP contribution >= 0.6 is 11.6 Å². The highest BCUT2D eigenvalue weighted by molar-refractivity contribution is 6.34. The van der Waals surface area contributed by atoms with E-state index in [-0.39, 0.29) is 12.5 Å². The van der Waals surface area contributed by atoms with Crippen LogP contribution in [0.1, 0.15) is 21.7 Å². The predicted molar refractivity (Wildman–Crippen MR) is 109 cm³/mol. The van der Waals surface area contributed by atoms with Gasteiger partial charge in [-0.2, -0.15) is 0 Å². The van der Waals surface area contributed by atoms with Gasteiger partial charge in [-0.1, -0.05) is 11.6 Å². The first-order chi connectivity index (χ1) is 13.3. The van der Waals surface area contributed by atoms with Crippen molar-refractivity contribution in [1.29, 1.82) is 0 Å². The molecule has 3 aromatic rings. The highest BCUT2D eigenvalue weighted by atomic mass is 35.5. The minimum atomic E-state index is -0.555. The van der Waals surface area contributed by atoms with Crippen molar-refractivity contribution in [2.45, 2.75) is 13.8 Å². The average Bonchev–Trinajstić information content (AvgIpc) is 3.00. The second kappa shape index (κ2) is 8.19. The summed E-state index contributed by atoms with van der Waals surface area (Å²) >= 11 is 6.26. The first-order valence-corrected chi connectivity index (χ1v) is 9.00. The van der Waals surface area contributed by atoms with Crippen LogP contribution in [0.25, 0.3) is 5.69 Å². The van der Waals surface area contributed by atoms with Gasteiger partial charge in [0, 0.05) is 22.8 Å². The minimum Gasteiger partial charge on any atom is -0.484 e. The van der Waals surface area contributed by atoms with E-state index in [2.05, 4.69) is 9.88 Å². The molecule has 0 aliphatic rings. The Labute approximate surface area is 167 Å². The van der Waals surface area contributed by atoms with Gasteiger partial charge >= 0.3 is 0 Å². The van der Waals surface area contributed by atoms with Crippen LogP contribution in [-0.4, -0.2) is 23.0 Å². The van der Waals surface area contributed by atoms with Crippen LogP contribution in [0.5, 0.6) is 5.75 Å². The number of rotatable bonds is 6. The molecule has 0 unspecified atom stereocenters. The van der Waals surface area contributed by atoms with Crippen LogP contribution in [0, 0.1) is 13.8 Å². The lowest BCUT2D eigenvalue weighted by molar-refractivity contribution is -0.119. The number of hydrogen-bond acceptors (Lipinski definition) is 3. The maximum atomic E-state index is 12.7. The summed E-state index contributed by atoms with van der Waals surface area (Å²) in [5.74, 6) is -0.393. The number of hydrogen-bond donors (Lipinski definition) is 2. The number of benzene rings is 2. The van der Waals surface area contributed by atoms with Gasteiger partial charge in [0.15, 0.2) is 6.61 Å². The number of amides is 2. The molecule has 6 nitrogen and oxygen atoms in total. The van der Waals surface area contributed by atoms with Crippen LogP contribution in [0.2, 0.25) is 5.02 Å². The number of nitrogens with two attached hydrogens (primary N) is 1. The molecule has 3 N–H and O–H groups in total. The maximum absolute atomic E-state index is 12.7. The number of ether oxygens (including phenoxy) is 1. The molecule has 0 aliphatic carbocycles. The van der Waals surface area contributed by atoms with E-state index in [1.165, 1.54) is 0 Å². The normalized spacial score (nSPS) is 10.5. The Bertz CT molecular complexity index is 1010. The van der Waals surface area contributed by atoms with Gasteiger partial charge in [0.25, 0.3) is 11.8 Å². The molecule has 0 aliphatic heterocycles. The van der Waals surface area contributed by atoms with Crippen LogP contribution in [0.3, 0.4) is 0 Å². The molecule has 0 fully saturated rings. The number of carbonyl (C=O) groups is 2. The molecule has 0 atom stereocenters. The van der Waals surface area contributed by atoms with Crippen molar-refractivity contribution in [3.63, 3.8) is 0 Å². The van der Waals surface area contributed by atoms with Gasteiger partial charge in [0.05, 0.1) is 10.6 Å². The van der Waals surface area contributed by atoms with E-state index >= 15 is 0 Å². The van der Waals surface area contributed by atoms with Gasteiger partial charge in [-0.3, -0.25) is 9.59 Å². The van der Waals surface area contributed by atoms with E-state index in [1.54, 1.807) is 36.4 Å². The number of nitrogens with zero attached hydrogens (tertiary/aromatic N) is 1. The third kappa shape index (κ3) is 4.35. The monoisotopic (exact) mass is 397 g/mol. The molecule has 0 spiro atoms. The van der Waals surface area contributed by atoms with Crippen LogP contribution in [-0.2, 0) is 4.79 Å². The lowest BCUT2D eigenvalue weighted by Gasteiger charge is -2.13. The molecule has 7 heteroatoms. The van der Waals surface area contributed by atoms with E-state index in [1.807, 2.05) is 32.0 Å². The predicted octanol–water partition coefficient (Wildman–Crippen LogP) is 3.86. The Morgan fingerprint density at radius 3 is 2.29 bits per heavy atom. The quantitative estimate of drug-likeness (QED) is 0.662. The fourth-order valence-corrected chi connectivity index (χ4v) is 3.09. The highest BCUT2D eigenvalue weighted by Gasteiger charge is 2.14. The number of carbonyl (C=O) groups excluding carboxylic acids is 2. The molecule has 1 heterocycles. The summed E-state index contributed by atoms with van der Waals surface area (Å²) in [6.45, 7) is 3.80. The smallest absolute Gasteiger partial charge is 0.257 e. The zero-order valence-electron chi connectivity index (χ0n) is 15.5. The molecule has 0 radical (unpaired) electrons. The van der Waals surface area contributed by atoms with E-state index in [4.69, 9.17) is 22.1 Å². The van der Waals surface area contributed by atoms with Crippen LogP contribution < -0.4 is 15.8 Å². The van der Waals surface area contributed by atoms with Crippen molar-refractivity contribution in [2.75, 3.05) is 11.9 Å². The number of halogens is 1. The molecular formula is C21H20ClN3O3. The molecule has 2 amide bonds. The van der Waals surface area contributed by atoms with E-state index in [0.29, 0.717) is 22.0 Å². The zero-order valence-corrected chi connectivity index (χ0v) is 16.3. The molecule has 3 rings (SSSR count). The number of nitrogens with one attached hydrogen (secondary N) is 1. The van der Waals surface area contributed by atoms with Crippen LogP contribution in [0.15, 0.2) is 54.6 Å². The summed E-state index contributed by atoms with van der Waals surface area (Å²) in [6.07, 6.45) is 0. The average molecular weight is 398 g/mol. The topological polar surface area (TPSA) is 86.3 Å². The summed E-state index contributed by atoms with van der Waals surface area (Å²) in [5.41, 5.74) is 9.00. The van der Waals surface area contributed by atoms with Crippen molar-refractivity contribution < 1.29 is 14.3 Å². The van der Waals surface area contributed by atoms with Gasteiger partial charge in [0.1, 0.15) is 5.75 Å². The third-order valence-electron chi connectivity index (χ3n) is 4.22. The first-order valence-electron chi connectivity index (χ1n) is 8.62. The number of anilines is 1. The lowest BCUT2D eigenvalue weighted by atomic mass is 10.1. The van der Waals surface area contributed by atoms with Crippen molar-refractivity contribution in [3.8, 4) is 11.4 Å². The summed E-state index contributed by atoms with van der Waals surface area (Å²) < 4.78 is 7.25. The Kier molecular flexibility index (Phi) is 5.70. The van der Waals surface area contributed by atoms with Crippen molar-refractivity contribution in [3.05, 3.63) is 76.6 Å². The number of aryl methyl sites for hydroxylation is 2. The van der Waals surface area contributed by atoms with E-state index < -0.39 is 5.91 Å².